The van der Waals surface area contributed by atoms with Gasteiger partial charge in [-0.2, -0.15) is 0 Å². The second kappa shape index (κ2) is 3.00. The standard InChI is InChI=1S/C7H7F3N2/c1-3-5(8)4(11)2-12-6(3)7(9)10/h2,7H,11H2,1H3. The zero-order chi connectivity index (χ0) is 9.30. The predicted octanol–water partition coefficient (Wildman–Crippen LogP) is 2.05. The van der Waals surface area contributed by atoms with Gasteiger partial charge in [0, 0.05) is 5.56 Å². The molecule has 0 aliphatic rings. The van der Waals surface area contributed by atoms with E-state index in [9.17, 15) is 13.2 Å². The van der Waals surface area contributed by atoms with Crippen LogP contribution in [0.2, 0.25) is 0 Å². The molecule has 0 amide bonds. The van der Waals surface area contributed by atoms with E-state index >= 15 is 0 Å². The minimum Gasteiger partial charge on any atom is -0.395 e. The molecule has 0 spiro atoms. The number of alkyl halides is 2. The van der Waals surface area contributed by atoms with Gasteiger partial charge < -0.3 is 5.73 Å². The van der Waals surface area contributed by atoms with Crippen LogP contribution in [-0.2, 0) is 0 Å². The van der Waals surface area contributed by atoms with E-state index in [1.54, 1.807) is 0 Å². The summed E-state index contributed by atoms with van der Waals surface area (Å²) in [6.07, 6.45) is -1.87. The number of hydrogen-bond acceptors (Lipinski definition) is 2. The summed E-state index contributed by atoms with van der Waals surface area (Å²) in [5.74, 6) is -0.819. The lowest BCUT2D eigenvalue weighted by Gasteiger charge is -2.05. The minimum absolute atomic E-state index is 0.190. The summed E-state index contributed by atoms with van der Waals surface area (Å²) in [6.45, 7) is 1.22. The molecule has 0 atom stereocenters. The van der Waals surface area contributed by atoms with Crippen molar-refractivity contribution in [2.24, 2.45) is 0 Å². The third-order valence-corrected chi connectivity index (χ3v) is 1.52. The van der Waals surface area contributed by atoms with Crippen LogP contribution in [-0.4, -0.2) is 4.98 Å². The molecule has 1 aromatic rings. The van der Waals surface area contributed by atoms with Crippen LogP contribution < -0.4 is 5.73 Å². The molecule has 0 aromatic carbocycles. The molecule has 0 aliphatic heterocycles. The van der Waals surface area contributed by atoms with Gasteiger partial charge in [-0.1, -0.05) is 0 Å². The van der Waals surface area contributed by atoms with Gasteiger partial charge in [-0.3, -0.25) is 4.98 Å². The van der Waals surface area contributed by atoms with Crippen molar-refractivity contribution < 1.29 is 13.2 Å². The van der Waals surface area contributed by atoms with Crippen LogP contribution in [0, 0.1) is 12.7 Å². The third kappa shape index (κ3) is 1.34. The molecule has 5 heteroatoms. The summed E-state index contributed by atoms with van der Waals surface area (Å²) >= 11 is 0. The fraction of sp³-hybridized carbons (Fsp3) is 0.286. The van der Waals surface area contributed by atoms with Crippen LogP contribution in [0.3, 0.4) is 0 Å². The Morgan fingerprint density at radius 2 is 2.08 bits per heavy atom. The second-order valence-corrected chi connectivity index (χ2v) is 2.34. The highest BCUT2D eigenvalue weighted by Crippen LogP contribution is 2.24. The molecule has 0 fully saturated rings. The molecule has 1 aromatic heterocycles. The summed E-state index contributed by atoms with van der Waals surface area (Å²) in [4.78, 5) is 3.32. The van der Waals surface area contributed by atoms with Crippen molar-refractivity contribution in [1.29, 1.82) is 0 Å². The molecule has 0 radical (unpaired) electrons. The average Bonchev–Trinajstić information content (AvgIpc) is 2.00. The number of hydrogen-bond donors (Lipinski definition) is 1. The van der Waals surface area contributed by atoms with Gasteiger partial charge in [-0.25, -0.2) is 13.2 Å². The van der Waals surface area contributed by atoms with Crippen LogP contribution >= 0.6 is 0 Å². The quantitative estimate of drug-likeness (QED) is 0.711. The van der Waals surface area contributed by atoms with E-state index in [0.29, 0.717) is 0 Å². The Bertz CT molecular complexity index is 299. The maximum atomic E-state index is 12.9. The Hall–Kier alpha value is -1.26. The van der Waals surface area contributed by atoms with Crippen molar-refractivity contribution in [3.63, 3.8) is 0 Å². The third-order valence-electron chi connectivity index (χ3n) is 1.52. The smallest absolute Gasteiger partial charge is 0.280 e. The van der Waals surface area contributed by atoms with Crippen molar-refractivity contribution in [2.45, 2.75) is 13.3 Å². The lowest BCUT2D eigenvalue weighted by atomic mass is 10.2. The molecule has 0 unspecified atom stereocenters. The number of nitrogens with zero attached hydrogens (tertiary/aromatic N) is 1. The molecule has 0 saturated heterocycles. The van der Waals surface area contributed by atoms with Gasteiger partial charge in [0.1, 0.15) is 5.69 Å². The Morgan fingerprint density at radius 3 is 2.58 bits per heavy atom. The molecule has 2 nitrogen and oxygen atoms in total. The first-order chi connectivity index (χ1) is 5.54. The monoisotopic (exact) mass is 176 g/mol. The van der Waals surface area contributed by atoms with Gasteiger partial charge >= 0.3 is 0 Å². The van der Waals surface area contributed by atoms with Crippen molar-refractivity contribution in [3.05, 3.63) is 23.3 Å². The molecule has 1 rings (SSSR count). The molecule has 12 heavy (non-hydrogen) atoms. The lowest BCUT2D eigenvalue weighted by Crippen LogP contribution is -2.01. The molecule has 2 N–H and O–H groups in total. The highest BCUT2D eigenvalue weighted by Gasteiger charge is 2.16. The van der Waals surface area contributed by atoms with Gasteiger partial charge in [0.2, 0.25) is 0 Å². The van der Waals surface area contributed by atoms with E-state index in [1.807, 2.05) is 0 Å². The summed E-state index contributed by atoms with van der Waals surface area (Å²) in [5.41, 5.74) is 4.15. The molecular weight excluding hydrogens is 169 g/mol. The number of pyridine rings is 1. The number of anilines is 1. The topological polar surface area (TPSA) is 38.9 Å². The number of nitrogens with two attached hydrogens (primary N) is 1. The van der Waals surface area contributed by atoms with Crippen molar-refractivity contribution in [1.82, 2.24) is 4.98 Å². The normalized spacial score (nSPS) is 10.8. The molecule has 0 saturated carbocycles. The Kier molecular flexibility index (Phi) is 2.21. The van der Waals surface area contributed by atoms with Crippen molar-refractivity contribution in [2.75, 3.05) is 5.73 Å². The molecular formula is C7H7F3N2. The highest BCUT2D eigenvalue weighted by molar-refractivity contribution is 5.42. The average molecular weight is 176 g/mol. The second-order valence-electron chi connectivity index (χ2n) is 2.34. The molecule has 1 heterocycles. The lowest BCUT2D eigenvalue weighted by molar-refractivity contribution is 0.144. The van der Waals surface area contributed by atoms with Gasteiger partial charge in [0.15, 0.2) is 5.82 Å². The van der Waals surface area contributed by atoms with Crippen LogP contribution in [0.1, 0.15) is 17.7 Å². The molecule has 0 bridgehead atoms. The zero-order valence-corrected chi connectivity index (χ0v) is 6.31. The summed E-state index contributed by atoms with van der Waals surface area (Å²) in [6, 6.07) is 0. The van der Waals surface area contributed by atoms with Gasteiger partial charge in [-0.15, -0.1) is 0 Å². The predicted molar refractivity (Wildman–Crippen MR) is 38.3 cm³/mol. The minimum atomic E-state index is -2.76. The Labute approximate surface area is 67.2 Å². The van der Waals surface area contributed by atoms with E-state index in [4.69, 9.17) is 5.73 Å². The van der Waals surface area contributed by atoms with E-state index in [2.05, 4.69) is 4.98 Å². The van der Waals surface area contributed by atoms with Gasteiger partial charge in [0.05, 0.1) is 11.9 Å². The van der Waals surface area contributed by atoms with E-state index in [1.165, 1.54) is 6.92 Å². The van der Waals surface area contributed by atoms with Gasteiger partial charge in [0.25, 0.3) is 6.43 Å². The van der Waals surface area contributed by atoms with Crippen molar-refractivity contribution in [3.8, 4) is 0 Å². The first-order valence-corrected chi connectivity index (χ1v) is 3.22. The van der Waals surface area contributed by atoms with Gasteiger partial charge in [-0.05, 0) is 6.92 Å². The van der Waals surface area contributed by atoms with Crippen LogP contribution in [0.5, 0.6) is 0 Å². The number of nitrogen functional groups attached to an aromatic ring is 1. The number of aromatic nitrogens is 1. The van der Waals surface area contributed by atoms with Crippen LogP contribution in [0.4, 0.5) is 18.9 Å². The maximum Gasteiger partial charge on any atom is 0.280 e. The highest BCUT2D eigenvalue weighted by atomic mass is 19.3. The Morgan fingerprint density at radius 1 is 1.50 bits per heavy atom. The first kappa shape index (κ1) is 8.83. The SMILES string of the molecule is Cc1c(C(F)F)ncc(N)c1F. The van der Waals surface area contributed by atoms with Crippen LogP contribution in [0.15, 0.2) is 6.20 Å². The fourth-order valence-corrected chi connectivity index (χ4v) is 0.842. The molecule has 0 aliphatic carbocycles. The summed E-state index contributed by atoms with van der Waals surface area (Å²) in [7, 11) is 0. The van der Waals surface area contributed by atoms with E-state index in [0.717, 1.165) is 6.20 Å². The van der Waals surface area contributed by atoms with E-state index in [-0.39, 0.29) is 11.3 Å². The number of rotatable bonds is 1. The first-order valence-electron chi connectivity index (χ1n) is 3.22. The van der Waals surface area contributed by atoms with Crippen LogP contribution in [0.25, 0.3) is 0 Å². The van der Waals surface area contributed by atoms with E-state index < -0.39 is 17.9 Å². The molecule has 66 valence electrons. The maximum absolute atomic E-state index is 12.9. The zero-order valence-electron chi connectivity index (χ0n) is 6.31. The Balaban J connectivity index is 3.27. The number of halogens is 3. The van der Waals surface area contributed by atoms with Crippen molar-refractivity contribution >= 4 is 5.69 Å². The fourth-order valence-electron chi connectivity index (χ4n) is 0.842. The largest absolute Gasteiger partial charge is 0.395 e. The summed E-state index contributed by atoms with van der Waals surface area (Å²) in [5, 5.41) is 0. The summed E-state index contributed by atoms with van der Waals surface area (Å²) < 4.78 is 37.0.